The van der Waals surface area contributed by atoms with Crippen LogP contribution in [-0.2, 0) is 4.79 Å². The van der Waals surface area contributed by atoms with E-state index in [9.17, 15) is 4.79 Å². The van der Waals surface area contributed by atoms with Crippen LogP contribution < -0.4 is 10.1 Å². The Morgan fingerprint density at radius 1 is 1.08 bits per heavy atom. The summed E-state index contributed by atoms with van der Waals surface area (Å²) in [6.45, 7) is 10.1. The normalized spacial score (nSPS) is 13.2. The number of hydrogen-bond acceptors (Lipinski definition) is 2. The Morgan fingerprint density at radius 3 is 2.46 bits per heavy atom. The predicted molar refractivity (Wildman–Crippen MR) is 98.4 cm³/mol. The van der Waals surface area contributed by atoms with Crippen molar-refractivity contribution in [3.05, 3.63) is 64.7 Å². The number of benzene rings is 2. The minimum Gasteiger partial charge on any atom is -0.481 e. The summed E-state index contributed by atoms with van der Waals surface area (Å²) >= 11 is 0. The molecule has 0 saturated carbocycles. The van der Waals surface area contributed by atoms with E-state index in [-0.39, 0.29) is 11.9 Å². The zero-order valence-electron chi connectivity index (χ0n) is 15.2. The summed E-state index contributed by atoms with van der Waals surface area (Å²) in [6, 6.07) is 14.0. The molecule has 2 aromatic carbocycles. The van der Waals surface area contributed by atoms with Crippen LogP contribution in [0, 0.1) is 20.8 Å². The van der Waals surface area contributed by atoms with Gasteiger partial charge in [-0.25, -0.2) is 0 Å². The van der Waals surface area contributed by atoms with Crippen LogP contribution in [0.3, 0.4) is 0 Å². The molecular formula is C21H27NO2. The van der Waals surface area contributed by atoms with Gasteiger partial charge in [-0.2, -0.15) is 0 Å². The second-order valence-corrected chi connectivity index (χ2v) is 6.42. The highest BCUT2D eigenvalue weighted by atomic mass is 16.5. The standard InChI is InChI=1S/C21H27NO2/c1-6-20(24-18-9-7-8-14(2)12-18)21(23)22-17(5)19-13-15(3)10-11-16(19)4/h7-13,17,20H,6H2,1-5H3,(H,22,23). The molecule has 0 aromatic heterocycles. The Kier molecular flexibility index (Phi) is 6.02. The van der Waals surface area contributed by atoms with E-state index in [4.69, 9.17) is 4.74 Å². The van der Waals surface area contributed by atoms with Crippen LogP contribution in [0.1, 0.15) is 48.6 Å². The molecule has 1 N–H and O–H groups in total. The van der Waals surface area contributed by atoms with Crippen LogP contribution in [0.5, 0.6) is 5.75 Å². The van der Waals surface area contributed by atoms with E-state index in [0.29, 0.717) is 6.42 Å². The van der Waals surface area contributed by atoms with E-state index in [0.717, 1.165) is 16.9 Å². The minimum atomic E-state index is -0.487. The topological polar surface area (TPSA) is 38.3 Å². The van der Waals surface area contributed by atoms with E-state index in [1.54, 1.807) is 0 Å². The molecule has 2 atom stereocenters. The molecule has 0 fully saturated rings. The van der Waals surface area contributed by atoms with Gasteiger partial charge in [0.25, 0.3) is 5.91 Å². The Hall–Kier alpha value is -2.29. The zero-order chi connectivity index (χ0) is 17.7. The summed E-state index contributed by atoms with van der Waals surface area (Å²) in [4.78, 5) is 12.6. The highest BCUT2D eigenvalue weighted by molar-refractivity contribution is 5.81. The van der Waals surface area contributed by atoms with Crippen molar-refractivity contribution in [2.75, 3.05) is 0 Å². The van der Waals surface area contributed by atoms with Gasteiger partial charge in [-0.1, -0.05) is 42.8 Å². The van der Waals surface area contributed by atoms with Gasteiger partial charge in [0.1, 0.15) is 5.75 Å². The van der Waals surface area contributed by atoms with E-state index < -0.39 is 6.10 Å². The summed E-state index contributed by atoms with van der Waals surface area (Å²) in [7, 11) is 0. The lowest BCUT2D eigenvalue weighted by atomic mass is 10.00. The van der Waals surface area contributed by atoms with Crippen LogP contribution in [0.2, 0.25) is 0 Å². The van der Waals surface area contributed by atoms with Crippen LogP contribution in [-0.4, -0.2) is 12.0 Å². The lowest BCUT2D eigenvalue weighted by molar-refractivity contribution is -0.128. The number of ether oxygens (including phenoxy) is 1. The fraction of sp³-hybridized carbons (Fsp3) is 0.381. The second kappa shape index (κ2) is 8.00. The van der Waals surface area contributed by atoms with Gasteiger partial charge in [0.15, 0.2) is 6.10 Å². The van der Waals surface area contributed by atoms with Crippen molar-refractivity contribution in [3.63, 3.8) is 0 Å². The molecule has 128 valence electrons. The molecule has 0 aliphatic carbocycles. The van der Waals surface area contributed by atoms with Crippen LogP contribution in [0.25, 0.3) is 0 Å². The molecule has 0 aliphatic rings. The first kappa shape index (κ1) is 18.1. The van der Waals surface area contributed by atoms with Crippen LogP contribution in [0.15, 0.2) is 42.5 Å². The van der Waals surface area contributed by atoms with Gasteiger partial charge >= 0.3 is 0 Å². The Balaban J connectivity index is 2.07. The molecule has 3 heteroatoms. The van der Waals surface area contributed by atoms with Crippen molar-refractivity contribution in [3.8, 4) is 5.75 Å². The fourth-order valence-corrected chi connectivity index (χ4v) is 2.79. The van der Waals surface area contributed by atoms with Crippen molar-refractivity contribution >= 4 is 5.91 Å². The van der Waals surface area contributed by atoms with Crippen molar-refractivity contribution in [2.24, 2.45) is 0 Å². The lowest BCUT2D eigenvalue weighted by Crippen LogP contribution is -2.39. The monoisotopic (exact) mass is 325 g/mol. The van der Waals surface area contributed by atoms with Crippen molar-refractivity contribution < 1.29 is 9.53 Å². The number of rotatable bonds is 6. The van der Waals surface area contributed by atoms with E-state index in [1.165, 1.54) is 11.1 Å². The summed E-state index contributed by atoms with van der Waals surface area (Å²) < 4.78 is 5.88. The third kappa shape index (κ3) is 4.60. The molecule has 1 amide bonds. The Bertz CT molecular complexity index is 709. The molecule has 0 aliphatic heterocycles. The highest BCUT2D eigenvalue weighted by Gasteiger charge is 2.21. The molecule has 2 rings (SSSR count). The van der Waals surface area contributed by atoms with Gasteiger partial charge in [0.05, 0.1) is 6.04 Å². The quantitative estimate of drug-likeness (QED) is 0.840. The fourth-order valence-electron chi connectivity index (χ4n) is 2.79. The van der Waals surface area contributed by atoms with E-state index in [2.05, 4.69) is 37.4 Å². The maximum Gasteiger partial charge on any atom is 0.261 e. The van der Waals surface area contributed by atoms with Gasteiger partial charge in [-0.05, 0) is 62.9 Å². The highest BCUT2D eigenvalue weighted by Crippen LogP contribution is 2.20. The smallest absolute Gasteiger partial charge is 0.261 e. The van der Waals surface area contributed by atoms with Crippen molar-refractivity contribution in [1.29, 1.82) is 0 Å². The minimum absolute atomic E-state index is 0.0486. The van der Waals surface area contributed by atoms with Gasteiger partial charge in [0.2, 0.25) is 0 Å². The first-order valence-electron chi connectivity index (χ1n) is 8.51. The average Bonchev–Trinajstić information content (AvgIpc) is 2.54. The SMILES string of the molecule is CCC(Oc1cccc(C)c1)C(=O)NC(C)c1cc(C)ccc1C. The van der Waals surface area contributed by atoms with Crippen molar-refractivity contribution in [2.45, 2.75) is 53.2 Å². The average molecular weight is 325 g/mol. The summed E-state index contributed by atoms with van der Waals surface area (Å²) in [6.07, 6.45) is 0.138. The molecule has 0 bridgehead atoms. The summed E-state index contributed by atoms with van der Waals surface area (Å²) in [5.74, 6) is 0.656. The molecule has 0 heterocycles. The first-order valence-corrected chi connectivity index (χ1v) is 8.51. The maximum atomic E-state index is 12.6. The van der Waals surface area contributed by atoms with Crippen molar-refractivity contribution in [1.82, 2.24) is 5.32 Å². The molecule has 0 radical (unpaired) electrons. The zero-order valence-corrected chi connectivity index (χ0v) is 15.2. The summed E-state index contributed by atoms with van der Waals surface area (Å²) in [5.41, 5.74) is 4.64. The van der Waals surface area contributed by atoms with Gasteiger partial charge in [0, 0.05) is 0 Å². The lowest BCUT2D eigenvalue weighted by Gasteiger charge is -2.22. The number of aryl methyl sites for hydroxylation is 3. The molecule has 2 unspecified atom stereocenters. The first-order chi connectivity index (χ1) is 11.4. The van der Waals surface area contributed by atoms with Gasteiger partial charge < -0.3 is 10.1 Å². The third-order valence-corrected chi connectivity index (χ3v) is 4.19. The number of hydrogen-bond donors (Lipinski definition) is 1. The van der Waals surface area contributed by atoms with E-state index >= 15 is 0 Å². The largest absolute Gasteiger partial charge is 0.481 e. The second-order valence-electron chi connectivity index (χ2n) is 6.42. The molecule has 0 spiro atoms. The maximum absolute atomic E-state index is 12.6. The molecule has 24 heavy (non-hydrogen) atoms. The summed E-state index contributed by atoms with van der Waals surface area (Å²) in [5, 5.41) is 3.09. The number of carbonyl (C=O) groups is 1. The number of amides is 1. The van der Waals surface area contributed by atoms with Crippen LogP contribution in [0.4, 0.5) is 0 Å². The third-order valence-electron chi connectivity index (χ3n) is 4.19. The Morgan fingerprint density at radius 2 is 1.79 bits per heavy atom. The van der Waals surface area contributed by atoms with Gasteiger partial charge in [-0.3, -0.25) is 4.79 Å². The van der Waals surface area contributed by atoms with Gasteiger partial charge in [-0.15, -0.1) is 0 Å². The molecule has 2 aromatic rings. The predicted octanol–water partition coefficient (Wildman–Crippen LogP) is 4.65. The molecule has 3 nitrogen and oxygen atoms in total. The van der Waals surface area contributed by atoms with E-state index in [1.807, 2.05) is 45.0 Å². The molecular weight excluding hydrogens is 298 g/mol. The molecule has 0 saturated heterocycles. The number of carbonyl (C=O) groups excluding carboxylic acids is 1. The Labute approximate surface area is 145 Å². The van der Waals surface area contributed by atoms with Crippen LogP contribution >= 0.6 is 0 Å². The number of nitrogens with one attached hydrogen (secondary N) is 1.